The van der Waals surface area contributed by atoms with Gasteiger partial charge >= 0.3 is 12.1 Å². The van der Waals surface area contributed by atoms with Crippen molar-refractivity contribution in [3.8, 4) is 0 Å². The minimum absolute atomic E-state index is 0.0336. The number of alkyl halides is 3. The Morgan fingerprint density at radius 1 is 1.16 bits per heavy atom. The molecule has 31 heavy (non-hydrogen) atoms. The largest absolute Gasteiger partial charge is 0.465 e. The Balaban J connectivity index is 1.54. The second-order valence-corrected chi connectivity index (χ2v) is 7.52. The molecule has 1 aliphatic heterocycles. The van der Waals surface area contributed by atoms with Crippen LogP contribution in [0.2, 0.25) is 0 Å². The molecule has 0 saturated carbocycles. The molecule has 2 aromatic rings. The first-order valence-electron chi connectivity index (χ1n) is 10.1. The summed E-state index contributed by atoms with van der Waals surface area (Å²) < 4.78 is 44.5. The minimum Gasteiger partial charge on any atom is -0.465 e. The fourth-order valence-electron chi connectivity index (χ4n) is 3.81. The number of hydrogen-bond donors (Lipinski definition) is 1. The van der Waals surface area contributed by atoms with Crippen LogP contribution >= 0.6 is 0 Å². The number of benzene rings is 2. The van der Waals surface area contributed by atoms with Crippen LogP contribution in [0.15, 0.2) is 48.5 Å². The highest BCUT2D eigenvalue weighted by Gasteiger charge is 2.36. The van der Waals surface area contributed by atoms with Crippen molar-refractivity contribution in [3.05, 3.63) is 70.8 Å². The number of nitrogens with zero attached hydrogens (tertiary/aromatic N) is 1. The number of halogens is 3. The smallest absolute Gasteiger partial charge is 0.416 e. The molecule has 166 valence electrons. The maximum Gasteiger partial charge on any atom is 0.416 e. The lowest BCUT2D eigenvalue weighted by atomic mass is 10.1. The number of hydrogen-bond acceptors (Lipinski definition) is 4. The van der Waals surface area contributed by atoms with Gasteiger partial charge in [0.2, 0.25) is 5.91 Å². The van der Waals surface area contributed by atoms with Crippen molar-refractivity contribution in [2.24, 2.45) is 0 Å². The molecule has 1 N–H and O–H groups in total. The molecule has 1 atom stereocenters. The van der Waals surface area contributed by atoms with E-state index in [9.17, 15) is 22.8 Å². The molecule has 0 aromatic heterocycles. The average Bonchev–Trinajstić information content (AvgIpc) is 3.10. The minimum atomic E-state index is -4.44. The average molecular weight is 434 g/mol. The summed E-state index contributed by atoms with van der Waals surface area (Å²) in [5.74, 6) is -0.502. The van der Waals surface area contributed by atoms with Gasteiger partial charge in [-0.1, -0.05) is 30.3 Å². The molecular formula is C23H25F3N2O3. The molecule has 1 amide bonds. The monoisotopic (exact) mass is 434 g/mol. The van der Waals surface area contributed by atoms with Crippen molar-refractivity contribution >= 4 is 11.9 Å². The van der Waals surface area contributed by atoms with Gasteiger partial charge in [0.1, 0.15) is 0 Å². The lowest BCUT2D eigenvalue weighted by Gasteiger charge is -2.26. The Morgan fingerprint density at radius 2 is 1.87 bits per heavy atom. The van der Waals surface area contributed by atoms with Gasteiger partial charge in [0, 0.05) is 25.6 Å². The molecule has 1 unspecified atom stereocenters. The Labute approximate surface area is 179 Å². The van der Waals surface area contributed by atoms with Crippen molar-refractivity contribution in [2.45, 2.75) is 44.6 Å². The van der Waals surface area contributed by atoms with Gasteiger partial charge in [-0.05, 0) is 48.7 Å². The number of carbonyl (C=O) groups excluding carboxylic acids is 2. The van der Waals surface area contributed by atoms with Gasteiger partial charge in [-0.15, -0.1) is 0 Å². The van der Waals surface area contributed by atoms with Crippen LogP contribution in [-0.4, -0.2) is 36.5 Å². The molecule has 8 heteroatoms. The van der Waals surface area contributed by atoms with Crippen LogP contribution in [0.25, 0.3) is 0 Å². The Hall–Kier alpha value is -2.87. The van der Waals surface area contributed by atoms with Gasteiger partial charge in [-0.25, -0.2) is 4.79 Å². The predicted molar refractivity (Wildman–Crippen MR) is 109 cm³/mol. The maximum absolute atomic E-state index is 13.3. The third kappa shape index (κ3) is 5.85. The van der Waals surface area contributed by atoms with Crippen LogP contribution in [-0.2, 0) is 28.8 Å². The van der Waals surface area contributed by atoms with E-state index in [4.69, 9.17) is 0 Å². The van der Waals surface area contributed by atoms with Gasteiger partial charge in [0.05, 0.1) is 18.2 Å². The summed E-state index contributed by atoms with van der Waals surface area (Å²) >= 11 is 0. The standard InChI is InChI=1S/C23H25F3N2O3/c1-31-22(30)17-8-6-16(7-9-17)14-27-13-12-19-10-11-21(29)28(19)15-18-4-2-3-5-20(18)23(24,25)26/h2-9,19,27H,10-15H2,1H3. The SMILES string of the molecule is COC(=O)c1ccc(CNCCC2CCC(=O)N2Cc2ccccc2C(F)(F)F)cc1. The summed E-state index contributed by atoms with van der Waals surface area (Å²) in [6, 6.07) is 12.4. The van der Waals surface area contributed by atoms with E-state index >= 15 is 0 Å². The molecule has 1 heterocycles. The zero-order valence-electron chi connectivity index (χ0n) is 17.2. The van der Waals surface area contributed by atoms with Gasteiger partial charge in [0.25, 0.3) is 0 Å². The molecular weight excluding hydrogens is 409 g/mol. The van der Waals surface area contributed by atoms with Crippen LogP contribution in [0.5, 0.6) is 0 Å². The second-order valence-electron chi connectivity index (χ2n) is 7.52. The molecule has 1 fully saturated rings. The molecule has 1 aliphatic rings. The number of methoxy groups -OCH3 is 1. The number of likely N-dealkylation sites (tertiary alicyclic amines) is 1. The first-order chi connectivity index (χ1) is 14.8. The summed E-state index contributed by atoms with van der Waals surface area (Å²) in [7, 11) is 1.33. The van der Waals surface area contributed by atoms with Crippen molar-refractivity contribution in [1.29, 1.82) is 0 Å². The molecule has 1 saturated heterocycles. The summed E-state index contributed by atoms with van der Waals surface area (Å²) in [5, 5.41) is 3.29. The number of ether oxygens (including phenoxy) is 1. The van der Waals surface area contributed by atoms with Gasteiger partial charge in [-0.2, -0.15) is 13.2 Å². The van der Waals surface area contributed by atoms with E-state index in [-0.39, 0.29) is 24.1 Å². The van der Waals surface area contributed by atoms with Crippen LogP contribution in [0, 0.1) is 0 Å². The van der Waals surface area contributed by atoms with Crippen LogP contribution in [0.1, 0.15) is 46.3 Å². The third-order valence-corrected chi connectivity index (χ3v) is 5.47. The van der Waals surface area contributed by atoms with Crippen LogP contribution < -0.4 is 5.32 Å². The van der Waals surface area contributed by atoms with E-state index in [1.807, 2.05) is 12.1 Å². The van der Waals surface area contributed by atoms with Crippen molar-refractivity contribution in [1.82, 2.24) is 10.2 Å². The third-order valence-electron chi connectivity index (χ3n) is 5.47. The predicted octanol–water partition coefficient (Wildman–Crippen LogP) is 4.16. The fourth-order valence-corrected chi connectivity index (χ4v) is 3.81. The normalized spacial score (nSPS) is 16.6. The maximum atomic E-state index is 13.3. The Morgan fingerprint density at radius 3 is 2.55 bits per heavy atom. The number of carbonyl (C=O) groups is 2. The van der Waals surface area contributed by atoms with Crippen molar-refractivity contribution < 1.29 is 27.5 Å². The van der Waals surface area contributed by atoms with Gasteiger partial charge in [0.15, 0.2) is 0 Å². The molecule has 0 aliphatic carbocycles. The Bertz CT molecular complexity index is 913. The highest BCUT2D eigenvalue weighted by molar-refractivity contribution is 5.89. The number of rotatable bonds is 8. The second kappa shape index (κ2) is 9.96. The zero-order valence-corrected chi connectivity index (χ0v) is 17.2. The first-order valence-corrected chi connectivity index (χ1v) is 10.1. The number of nitrogens with one attached hydrogen (secondary N) is 1. The van der Waals surface area contributed by atoms with Crippen molar-refractivity contribution in [3.63, 3.8) is 0 Å². The lowest BCUT2D eigenvalue weighted by molar-refractivity contribution is -0.139. The van der Waals surface area contributed by atoms with E-state index < -0.39 is 17.7 Å². The lowest BCUT2D eigenvalue weighted by Crippen LogP contribution is -2.35. The van der Waals surface area contributed by atoms with Gasteiger partial charge < -0.3 is 15.0 Å². The highest BCUT2D eigenvalue weighted by Crippen LogP contribution is 2.34. The molecule has 3 rings (SSSR count). The van der Waals surface area contributed by atoms with Crippen LogP contribution in [0.4, 0.5) is 13.2 Å². The fraction of sp³-hybridized carbons (Fsp3) is 0.391. The molecule has 0 bridgehead atoms. The summed E-state index contributed by atoms with van der Waals surface area (Å²) in [5.41, 5.74) is 0.896. The Kier molecular flexibility index (Phi) is 7.33. The van der Waals surface area contributed by atoms with E-state index in [1.54, 1.807) is 23.1 Å². The van der Waals surface area contributed by atoms with Crippen LogP contribution in [0.3, 0.4) is 0 Å². The molecule has 0 spiro atoms. The van der Waals surface area contributed by atoms with E-state index in [0.29, 0.717) is 37.9 Å². The number of esters is 1. The summed E-state index contributed by atoms with van der Waals surface area (Å²) in [4.78, 5) is 25.3. The quantitative estimate of drug-likeness (QED) is 0.501. The zero-order chi connectivity index (χ0) is 22.4. The van der Waals surface area contributed by atoms with E-state index in [2.05, 4.69) is 10.1 Å². The molecule has 2 aromatic carbocycles. The van der Waals surface area contributed by atoms with Gasteiger partial charge in [-0.3, -0.25) is 4.79 Å². The number of amides is 1. The molecule has 0 radical (unpaired) electrons. The topological polar surface area (TPSA) is 58.6 Å². The van der Waals surface area contributed by atoms with E-state index in [1.165, 1.54) is 19.2 Å². The summed E-state index contributed by atoms with van der Waals surface area (Å²) in [6.45, 7) is 1.17. The molecule has 5 nitrogen and oxygen atoms in total. The highest BCUT2D eigenvalue weighted by atomic mass is 19.4. The first kappa shape index (κ1) is 22.8. The summed E-state index contributed by atoms with van der Waals surface area (Å²) in [6.07, 6.45) is -2.80. The van der Waals surface area contributed by atoms with Crippen molar-refractivity contribution in [2.75, 3.05) is 13.7 Å². The van der Waals surface area contributed by atoms with E-state index in [0.717, 1.165) is 11.6 Å².